The third-order valence-electron chi connectivity index (χ3n) is 3.02. The molecular formula is C14H23N3O2. The molecule has 0 amide bonds. The number of aromatic carboxylic acids is 1. The summed E-state index contributed by atoms with van der Waals surface area (Å²) in [7, 11) is 0. The van der Waals surface area contributed by atoms with Crippen LogP contribution in [0.15, 0.2) is 6.20 Å². The molecule has 0 unspecified atom stereocenters. The van der Waals surface area contributed by atoms with Gasteiger partial charge in [0.05, 0.1) is 11.3 Å². The summed E-state index contributed by atoms with van der Waals surface area (Å²) in [5, 5.41) is 12.0. The van der Waals surface area contributed by atoms with E-state index < -0.39 is 5.97 Å². The molecule has 0 radical (unpaired) electrons. The topological polar surface area (TPSA) is 75.1 Å². The molecule has 0 aromatic carbocycles. The van der Waals surface area contributed by atoms with E-state index in [1.54, 1.807) is 6.92 Å². The van der Waals surface area contributed by atoms with E-state index in [1.807, 2.05) is 0 Å². The molecule has 19 heavy (non-hydrogen) atoms. The molecule has 0 spiro atoms. The number of aromatic nitrogens is 2. The van der Waals surface area contributed by atoms with Gasteiger partial charge >= 0.3 is 5.97 Å². The Balaban J connectivity index is 2.26. The Morgan fingerprint density at radius 3 is 2.58 bits per heavy atom. The van der Waals surface area contributed by atoms with Crippen molar-refractivity contribution in [1.29, 1.82) is 0 Å². The van der Waals surface area contributed by atoms with Crippen LogP contribution in [-0.4, -0.2) is 27.6 Å². The Morgan fingerprint density at radius 2 is 1.95 bits per heavy atom. The predicted octanol–water partition coefficient (Wildman–Crippen LogP) is 3.26. The third-order valence-corrected chi connectivity index (χ3v) is 3.02. The SMILES string of the molecule is CCCCCCCCNc1ncc(C(=O)O)c(C)n1. The molecule has 0 bridgehead atoms. The highest BCUT2D eigenvalue weighted by atomic mass is 16.4. The minimum atomic E-state index is -0.986. The standard InChI is InChI=1S/C14H23N3O2/c1-3-4-5-6-7-8-9-15-14-16-10-12(13(18)19)11(2)17-14/h10H,3-9H2,1-2H3,(H,18,19)(H,15,16,17). The zero-order valence-electron chi connectivity index (χ0n) is 11.8. The fraction of sp³-hybridized carbons (Fsp3) is 0.643. The molecule has 0 saturated heterocycles. The average molecular weight is 265 g/mol. The smallest absolute Gasteiger partial charge is 0.339 e. The van der Waals surface area contributed by atoms with Crippen LogP contribution in [0, 0.1) is 6.92 Å². The van der Waals surface area contributed by atoms with E-state index in [9.17, 15) is 4.79 Å². The fourth-order valence-corrected chi connectivity index (χ4v) is 1.87. The van der Waals surface area contributed by atoms with Gasteiger partial charge in [-0.15, -0.1) is 0 Å². The first-order valence-electron chi connectivity index (χ1n) is 6.96. The summed E-state index contributed by atoms with van der Waals surface area (Å²) >= 11 is 0. The highest BCUT2D eigenvalue weighted by Gasteiger charge is 2.09. The van der Waals surface area contributed by atoms with Crippen molar-refractivity contribution < 1.29 is 9.90 Å². The lowest BCUT2D eigenvalue weighted by Crippen LogP contribution is -2.09. The molecule has 1 heterocycles. The van der Waals surface area contributed by atoms with Crippen LogP contribution in [0.5, 0.6) is 0 Å². The maximum Gasteiger partial charge on any atom is 0.339 e. The van der Waals surface area contributed by atoms with Crippen molar-refractivity contribution in [2.24, 2.45) is 0 Å². The Bertz CT molecular complexity index is 408. The molecular weight excluding hydrogens is 242 g/mol. The van der Waals surface area contributed by atoms with Gasteiger partial charge in [-0.25, -0.2) is 14.8 Å². The summed E-state index contributed by atoms with van der Waals surface area (Å²) in [4.78, 5) is 19.0. The van der Waals surface area contributed by atoms with Crippen LogP contribution in [0.2, 0.25) is 0 Å². The normalized spacial score (nSPS) is 10.4. The number of rotatable bonds is 9. The minimum absolute atomic E-state index is 0.158. The first-order valence-corrected chi connectivity index (χ1v) is 6.96. The summed E-state index contributed by atoms with van der Waals surface area (Å²) in [5.74, 6) is -0.476. The number of carboxylic acids is 1. The number of hydrogen-bond acceptors (Lipinski definition) is 4. The maximum atomic E-state index is 10.8. The van der Waals surface area contributed by atoms with Crippen LogP contribution < -0.4 is 5.32 Å². The third kappa shape index (κ3) is 5.68. The molecule has 1 rings (SSSR count). The van der Waals surface area contributed by atoms with Crippen molar-refractivity contribution >= 4 is 11.9 Å². The predicted molar refractivity (Wildman–Crippen MR) is 75.6 cm³/mol. The second-order valence-corrected chi connectivity index (χ2v) is 4.69. The van der Waals surface area contributed by atoms with Gasteiger partial charge < -0.3 is 10.4 Å². The number of nitrogens with one attached hydrogen (secondary N) is 1. The number of unbranched alkanes of at least 4 members (excludes halogenated alkanes) is 5. The molecule has 5 nitrogen and oxygen atoms in total. The lowest BCUT2D eigenvalue weighted by Gasteiger charge is -2.06. The lowest BCUT2D eigenvalue weighted by molar-refractivity contribution is 0.0695. The van der Waals surface area contributed by atoms with Crippen molar-refractivity contribution in [3.63, 3.8) is 0 Å². The summed E-state index contributed by atoms with van der Waals surface area (Å²) in [6.07, 6.45) is 8.81. The lowest BCUT2D eigenvalue weighted by atomic mass is 10.1. The van der Waals surface area contributed by atoms with Gasteiger partial charge in [0, 0.05) is 12.7 Å². The van der Waals surface area contributed by atoms with Crippen LogP contribution in [0.1, 0.15) is 61.5 Å². The fourth-order valence-electron chi connectivity index (χ4n) is 1.87. The van der Waals surface area contributed by atoms with Gasteiger partial charge in [0.2, 0.25) is 5.95 Å². The van der Waals surface area contributed by atoms with Gasteiger partial charge in [-0.2, -0.15) is 0 Å². The number of carboxylic acid groups (broad SMARTS) is 1. The van der Waals surface area contributed by atoms with Gasteiger partial charge in [-0.05, 0) is 13.3 Å². The van der Waals surface area contributed by atoms with E-state index >= 15 is 0 Å². The number of aryl methyl sites for hydroxylation is 1. The van der Waals surface area contributed by atoms with Gasteiger partial charge in [0.25, 0.3) is 0 Å². The number of nitrogens with zero attached hydrogens (tertiary/aromatic N) is 2. The van der Waals surface area contributed by atoms with E-state index in [-0.39, 0.29) is 5.56 Å². The van der Waals surface area contributed by atoms with Crippen molar-refractivity contribution in [2.45, 2.75) is 52.4 Å². The zero-order valence-corrected chi connectivity index (χ0v) is 11.8. The molecule has 2 N–H and O–H groups in total. The second kappa shape index (κ2) is 8.45. The van der Waals surface area contributed by atoms with Crippen LogP contribution in [0.4, 0.5) is 5.95 Å². The van der Waals surface area contributed by atoms with Crippen molar-refractivity contribution in [1.82, 2.24) is 9.97 Å². The van der Waals surface area contributed by atoms with Gasteiger partial charge in [0.1, 0.15) is 0 Å². The number of anilines is 1. The van der Waals surface area contributed by atoms with E-state index in [4.69, 9.17) is 5.11 Å². The molecule has 106 valence electrons. The maximum absolute atomic E-state index is 10.8. The molecule has 0 aliphatic carbocycles. The summed E-state index contributed by atoms with van der Waals surface area (Å²) in [5.41, 5.74) is 0.651. The second-order valence-electron chi connectivity index (χ2n) is 4.69. The Morgan fingerprint density at radius 1 is 1.26 bits per heavy atom. The number of carbonyl (C=O) groups is 1. The van der Waals surface area contributed by atoms with E-state index in [1.165, 1.54) is 38.3 Å². The largest absolute Gasteiger partial charge is 0.478 e. The Labute approximate surface area is 114 Å². The molecule has 0 saturated carbocycles. The zero-order chi connectivity index (χ0) is 14.1. The van der Waals surface area contributed by atoms with Crippen LogP contribution >= 0.6 is 0 Å². The number of hydrogen-bond donors (Lipinski definition) is 2. The highest BCUT2D eigenvalue weighted by molar-refractivity contribution is 5.88. The van der Waals surface area contributed by atoms with E-state index in [0.717, 1.165) is 13.0 Å². The molecule has 1 aromatic heterocycles. The minimum Gasteiger partial charge on any atom is -0.478 e. The molecule has 0 aliphatic rings. The molecule has 0 aliphatic heterocycles. The first-order chi connectivity index (χ1) is 9.15. The molecule has 5 heteroatoms. The summed E-state index contributed by atoms with van der Waals surface area (Å²) in [6.45, 7) is 4.72. The van der Waals surface area contributed by atoms with Crippen LogP contribution in [-0.2, 0) is 0 Å². The molecule has 1 aromatic rings. The Hall–Kier alpha value is -1.65. The first kappa shape index (κ1) is 15.4. The highest BCUT2D eigenvalue weighted by Crippen LogP contribution is 2.08. The summed E-state index contributed by atoms with van der Waals surface area (Å²) in [6, 6.07) is 0. The Kier molecular flexibility index (Phi) is 6.85. The molecule has 0 atom stereocenters. The van der Waals surface area contributed by atoms with Crippen molar-refractivity contribution in [3.05, 3.63) is 17.5 Å². The van der Waals surface area contributed by atoms with E-state index in [0.29, 0.717) is 11.6 Å². The van der Waals surface area contributed by atoms with Gasteiger partial charge in [0.15, 0.2) is 0 Å². The van der Waals surface area contributed by atoms with Crippen molar-refractivity contribution in [2.75, 3.05) is 11.9 Å². The monoisotopic (exact) mass is 265 g/mol. The summed E-state index contributed by atoms with van der Waals surface area (Å²) < 4.78 is 0. The van der Waals surface area contributed by atoms with Crippen molar-refractivity contribution in [3.8, 4) is 0 Å². The average Bonchev–Trinajstić information content (AvgIpc) is 2.37. The van der Waals surface area contributed by atoms with Gasteiger partial charge in [-0.3, -0.25) is 0 Å². The van der Waals surface area contributed by atoms with E-state index in [2.05, 4.69) is 22.2 Å². The molecule has 0 fully saturated rings. The van der Waals surface area contributed by atoms with Crippen LogP contribution in [0.3, 0.4) is 0 Å². The van der Waals surface area contributed by atoms with Crippen LogP contribution in [0.25, 0.3) is 0 Å². The quantitative estimate of drug-likeness (QED) is 0.670. The van der Waals surface area contributed by atoms with Gasteiger partial charge in [-0.1, -0.05) is 39.0 Å².